The first-order valence-electron chi connectivity index (χ1n) is 28.1. The number of hydrogen-bond acceptors (Lipinski definition) is 15. The third-order valence-corrected chi connectivity index (χ3v) is 14.5. The summed E-state index contributed by atoms with van der Waals surface area (Å²) in [4.78, 5) is 149. The summed E-state index contributed by atoms with van der Waals surface area (Å²) in [5.41, 5.74) is 0. The van der Waals surface area contributed by atoms with Crippen LogP contribution >= 0.6 is 0 Å². The second kappa shape index (κ2) is 32.9. The molecule has 0 aliphatic carbocycles. The van der Waals surface area contributed by atoms with Gasteiger partial charge >= 0.3 is 12.1 Å². The molecule has 23 nitrogen and oxygen atoms in total. The Kier molecular flexibility index (Phi) is 29.8. The molecule has 1 heterocycles. The highest BCUT2D eigenvalue weighted by atomic mass is 16.6. The Hall–Kier alpha value is -5.26. The minimum Gasteiger partial charge on any atom is -0.391 e. The molecule has 0 spiro atoms. The number of carbonyl (C=O) groups is 10. The molecule has 0 saturated carbocycles. The first-order chi connectivity index (χ1) is 36.4. The summed E-state index contributed by atoms with van der Waals surface area (Å²) in [6.07, 6.45) is -4.11. The molecular formula is C56H102N10O13. The van der Waals surface area contributed by atoms with E-state index in [0.717, 1.165) is 19.6 Å². The minimum absolute atomic E-state index is 0.0440. The Labute approximate surface area is 471 Å². The summed E-state index contributed by atoms with van der Waals surface area (Å²) in [7, 11) is 8.41. The molecule has 1 rings (SSSR count). The summed E-state index contributed by atoms with van der Waals surface area (Å²) < 4.78 is 5.45. The summed E-state index contributed by atoms with van der Waals surface area (Å²) in [5.74, 6) is -8.33. The lowest BCUT2D eigenvalue weighted by atomic mass is 9.92. The maximum Gasteiger partial charge on any atom is 0.417 e. The number of nitrogens with zero attached hydrogens (tertiary/aromatic N) is 6. The lowest BCUT2D eigenvalue weighted by molar-refractivity contribution is -0.155. The number of rotatable bonds is 16. The maximum absolute atomic E-state index is 14.9. The number of amides is 8. The van der Waals surface area contributed by atoms with E-state index >= 15 is 0 Å². The first kappa shape index (κ1) is 71.8. The quantitative estimate of drug-likeness (QED) is 0.0735. The number of nitrogens with one attached hydrogen (secondary N) is 4. The van der Waals surface area contributed by atoms with E-state index in [0.29, 0.717) is 19.1 Å². The third kappa shape index (κ3) is 21.6. The van der Waals surface area contributed by atoms with Crippen LogP contribution in [-0.2, 0) is 47.9 Å². The Bertz CT molecular complexity index is 2050. The molecule has 1 aliphatic rings. The number of hydrogen-bond donors (Lipinski definition) is 6. The molecule has 0 bridgehead atoms. The molecular weight excluding hydrogens is 1020 g/mol. The van der Waals surface area contributed by atoms with Crippen LogP contribution < -0.4 is 21.3 Å². The van der Waals surface area contributed by atoms with Crippen LogP contribution in [0.15, 0.2) is 0 Å². The lowest BCUT2D eigenvalue weighted by Gasteiger charge is -2.40. The number of ether oxygens (including phenoxy) is 1. The van der Waals surface area contributed by atoms with Gasteiger partial charge in [-0.15, -0.1) is 0 Å². The monoisotopic (exact) mass is 1120 g/mol. The van der Waals surface area contributed by atoms with Gasteiger partial charge in [0, 0.05) is 41.7 Å². The fourth-order valence-corrected chi connectivity index (χ4v) is 9.74. The van der Waals surface area contributed by atoms with Gasteiger partial charge in [0.15, 0.2) is 0 Å². The van der Waals surface area contributed by atoms with E-state index in [2.05, 4.69) is 21.3 Å². The Balaban J connectivity index is 4.29. The van der Waals surface area contributed by atoms with Crippen molar-refractivity contribution in [2.45, 2.75) is 209 Å². The summed E-state index contributed by atoms with van der Waals surface area (Å²) in [6.45, 7) is 26.0. The molecule has 6 N–H and O–H groups in total. The number of aldehydes is 1. The van der Waals surface area contributed by atoms with Gasteiger partial charge in [-0.3, -0.25) is 48.7 Å². The standard InChI is InChI=1S/C56H102N10O13/c1-30(2)24-39-52(74)65(20)46(35(11)12)54(76)66(21)47(48(70)36(13)22-23-67)51(73)60-45(38(15)68)53(75)61(16)29-44(69)62(17)40(25-31(3)4)50(72)59-43(28-34(9)10)64(19)42(27-33(7)8)57-37(14)55(77)79-56(78)63(18)41(26-32(5)6)49(71)58-39/h23,30-43,45-48,57,68,70H,22,24-29H2,1-21H3,(H,58,71)(H,59,72)(H,60,73)/t36-,37-,38-,39-,40+,41-,42-,43+,45?,46?,47?,48-/m1/s1. The predicted octanol–water partition coefficient (Wildman–Crippen LogP) is 2.40. The van der Waals surface area contributed by atoms with Gasteiger partial charge in [0.1, 0.15) is 48.6 Å². The van der Waals surface area contributed by atoms with Gasteiger partial charge in [-0.1, -0.05) is 90.0 Å². The van der Waals surface area contributed by atoms with Crippen LogP contribution in [0.1, 0.15) is 142 Å². The number of cyclic esters (lactones) is 2. The normalized spacial score (nSPS) is 27.0. The van der Waals surface area contributed by atoms with E-state index in [1.54, 1.807) is 20.9 Å². The number of likely N-dealkylation sites (N-methyl/N-ethyl adjacent to an activating group) is 5. The van der Waals surface area contributed by atoms with Gasteiger partial charge in [-0.2, -0.15) is 0 Å². The molecule has 0 aromatic heterocycles. The van der Waals surface area contributed by atoms with Crippen molar-refractivity contribution in [2.24, 2.45) is 41.4 Å². The van der Waals surface area contributed by atoms with Crippen LogP contribution in [-0.4, -0.2) is 215 Å². The molecule has 8 amide bonds. The van der Waals surface area contributed by atoms with E-state index in [1.807, 2.05) is 74.1 Å². The Morgan fingerprint density at radius 3 is 1.49 bits per heavy atom. The first-order valence-corrected chi connectivity index (χ1v) is 28.1. The molecule has 1 fully saturated rings. The second-order valence-electron chi connectivity index (χ2n) is 24.5. The largest absolute Gasteiger partial charge is 0.417 e. The van der Waals surface area contributed by atoms with Crippen LogP contribution in [0.2, 0.25) is 0 Å². The van der Waals surface area contributed by atoms with E-state index < -0.39 is 139 Å². The molecule has 1 aliphatic heterocycles. The topological polar surface area (TPSA) is 288 Å². The Morgan fingerprint density at radius 1 is 0.557 bits per heavy atom. The van der Waals surface area contributed by atoms with Gasteiger partial charge in [-0.25, -0.2) is 9.59 Å². The van der Waals surface area contributed by atoms with E-state index in [-0.39, 0.29) is 55.3 Å². The molecule has 454 valence electrons. The van der Waals surface area contributed by atoms with Gasteiger partial charge in [0.25, 0.3) is 0 Å². The van der Waals surface area contributed by atoms with E-state index in [1.165, 1.54) is 60.9 Å². The molecule has 1 saturated heterocycles. The van der Waals surface area contributed by atoms with Crippen LogP contribution in [0.4, 0.5) is 4.79 Å². The average Bonchev–Trinajstić information content (AvgIpc) is 3.33. The molecule has 79 heavy (non-hydrogen) atoms. The average molecular weight is 1120 g/mol. The van der Waals surface area contributed by atoms with Gasteiger partial charge in [-0.05, 0) is 94.4 Å². The van der Waals surface area contributed by atoms with E-state index in [9.17, 15) is 58.2 Å². The fourth-order valence-electron chi connectivity index (χ4n) is 9.74. The zero-order valence-corrected chi connectivity index (χ0v) is 51.5. The van der Waals surface area contributed by atoms with Crippen LogP contribution in [0.25, 0.3) is 0 Å². The third-order valence-electron chi connectivity index (χ3n) is 14.5. The number of carbonyl (C=O) groups excluding carboxylic acids is 10. The highest BCUT2D eigenvalue weighted by Crippen LogP contribution is 2.24. The molecule has 12 atom stereocenters. The van der Waals surface area contributed by atoms with Crippen molar-refractivity contribution in [1.29, 1.82) is 0 Å². The summed E-state index contributed by atoms with van der Waals surface area (Å²) in [5, 5.41) is 34.6. The highest BCUT2D eigenvalue weighted by Gasteiger charge is 2.45. The summed E-state index contributed by atoms with van der Waals surface area (Å²) >= 11 is 0. The molecule has 0 aromatic carbocycles. The second-order valence-corrected chi connectivity index (χ2v) is 24.5. The number of aliphatic hydroxyl groups excluding tert-OH is 2. The van der Waals surface area contributed by atoms with E-state index in [4.69, 9.17) is 4.74 Å². The summed E-state index contributed by atoms with van der Waals surface area (Å²) in [6, 6.07) is -9.55. The molecule has 3 unspecified atom stereocenters. The smallest absolute Gasteiger partial charge is 0.391 e. The maximum atomic E-state index is 14.9. The van der Waals surface area contributed by atoms with Crippen molar-refractivity contribution in [2.75, 3.05) is 48.8 Å². The molecule has 23 heteroatoms. The van der Waals surface area contributed by atoms with Crippen molar-refractivity contribution in [3.63, 3.8) is 0 Å². The predicted molar refractivity (Wildman–Crippen MR) is 300 cm³/mol. The van der Waals surface area contributed by atoms with Gasteiger partial charge in [0.2, 0.25) is 41.4 Å². The molecule has 0 radical (unpaired) electrons. The van der Waals surface area contributed by atoms with Crippen molar-refractivity contribution in [1.82, 2.24) is 50.7 Å². The zero-order chi connectivity index (χ0) is 61.2. The highest BCUT2D eigenvalue weighted by molar-refractivity contribution is 5.98. The zero-order valence-electron chi connectivity index (χ0n) is 51.5. The number of aliphatic hydroxyl groups is 2. The van der Waals surface area contributed by atoms with Crippen molar-refractivity contribution in [3.8, 4) is 0 Å². The molecule has 0 aromatic rings. The number of esters is 1. The van der Waals surface area contributed by atoms with Crippen molar-refractivity contribution >= 4 is 59.7 Å². The van der Waals surface area contributed by atoms with Gasteiger partial charge in [0.05, 0.1) is 31.1 Å². The van der Waals surface area contributed by atoms with Crippen molar-refractivity contribution in [3.05, 3.63) is 0 Å². The van der Waals surface area contributed by atoms with Crippen molar-refractivity contribution < 1.29 is 62.9 Å². The SMILES string of the molecule is CC(C)C[C@@H]1C(=O)N[C@H](CC(C)C)C(=O)N(C)C(C(C)C)C(=O)N(C)C([C@H](O)[C@H](C)CC=O)C(=O)NC([C@@H](C)O)C(=O)N(C)CC(=O)N(C)[C@@H](CC(C)C)C(=O)N[C@H](CC(C)C)N(C)[C@H](CC(C)C)N[C@H](C)C(=O)OC(=O)N1C. The van der Waals surface area contributed by atoms with Crippen LogP contribution in [0.5, 0.6) is 0 Å². The van der Waals surface area contributed by atoms with Crippen LogP contribution in [0, 0.1) is 41.4 Å². The van der Waals surface area contributed by atoms with Gasteiger partial charge < -0.3 is 55.3 Å². The fraction of sp³-hybridized carbons (Fsp3) is 0.821. The van der Waals surface area contributed by atoms with Crippen LogP contribution in [0.3, 0.4) is 0 Å². The Morgan fingerprint density at radius 2 is 1.03 bits per heavy atom. The minimum atomic E-state index is -1.82. The lowest BCUT2D eigenvalue weighted by Crippen LogP contribution is -2.64.